The third-order valence-corrected chi connectivity index (χ3v) is 4.08. The van der Waals surface area contributed by atoms with E-state index >= 15 is 0 Å². The van der Waals surface area contributed by atoms with E-state index < -0.39 is 5.97 Å². The minimum atomic E-state index is -0.558. The van der Waals surface area contributed by atoms with Gasteiger partial charge >= 0.3 is 5.97 Å². The Morgan fingerprint density at radius 3 is 2.83 bits per heavy atom. The molecule has 1 amide bonds. The van der Waals surface area contributed by atoms with Crippen LogP contribution in [0.25, 0.3) is 0 Å². The average molecular weight is 340 g/mol. The van der Waals surface area contributed by atoms with Crippen LogP contribution in [0.2, 0.25) is 5.02 Å². The Labute approximate surface area is 141 Å². The van der Waals surface area contributed by atoms with E-state index in [1.54, 1.807) is 23.1 Å². The molecule has 1 saturated heterocycles. The summed E-state index contributed by atoms with van der Waals surface area (Å²) in [6.45, 7) is 4.97. The maximum atomic E-state index is 12.0. The molecule has 1 aromatic rings. The minimum Gasteiger partial charge on any atom is -0.482 e. The van der Waals surface area contributed by atoms with Gasteiger partial charge in [-0.15, -0.1) is 0 Å². The smallest absolute Gasteiger partial charge is 0.344 e. The number of nitrogens with zero attached hydrogens (tertiary/aromatic N) is 1. The minimum absolute atomic E-state index is 0.146. The third-order valence-electron chi connectivity index (χ3n) is 3.85. The molecule has 5 nitrogen and oxygen atoms in total. The van der Waals surface area contributed by atoms with Crippen LogP contribution in [-0.2, 0) is 14.3 Å². The summed E-state index contributed by atoms with van der Waals surface area (Å²) < 4.78 is 10.4. The molecule has 0 aromatic heterocycles. The lowest BCUT2D eigenvalue weighted by Gasteiger charge is -2.30. The van der Waals surface area contributed by atoms with Gasteiger partial charge in [-0.2, -0.15) is 0 Å². The summed E-state index contributed by atoms with van der Waals surface area (Å²) in [4.78, 5) is 25.5. The fraction of sp³-hybridized carbons (Fsp3) is 0.529. The number of esters is 1. The van der Waals surface area contributed by atoms with Gasteiger partial charge in [0.25, 0.3) is 5.91 Å². The second kappa shape index (κ2) is 8.20. The first kappa shape index (κ1) is 17.6. The first-order chi connectivity index (χ1) is 11.0. The van der Waals surface area contributed by atoms with E-state index in [0.29, 0.717) is 16.7 Å². The zero-order valence-electron chi connectivity index (χ0n) is 13.5. The van der Waals surface area contributed by atoms with E-state index in [9.17, 15) is 9.59 Å². The van der Waals surface area contributed by atoms with E-state index in [1.165, 1.54) is 0 Å². The Morgan fingerprint density at radius 1 is 1.35 bits per heavy atom. The highest BCUT2D eigenvalue weighted by Gasteiger charge is 2.21. The Balaban J connectivity index is 1.73. The van der Waals surface area contributed by atoms with Crippen molar-refractivity contribution in [2.45, 2.75) is 26.7 Å². The largest absolute Gasteiger partial charge is 0.482 e. The number of halogens is 1. The van der Waals surface area contributed by atoms with Crippen LogP contribution in [0.3, 0.4) is 0 Å². The van der Waals surface area contributed by atoms with Crippen LogP contribution in [0.4, 0.5) is 0 Å². The molecule has 0 aliphatic carbocycles. The highest BCUT2D eigenvalue weighted by Crippen LogP contribution is 2.21. The molecule has 0 spiro atoms. The molecule has 1 aliphatic heterocycles. The predicted octanol–water partition coefficient (Wildman–Crippen LogP) is 2.83. The van der Waals surface area contributed by atoms with Crippen molar-refractivity contribution in [1.29, 1.82) is 0 Å². The number of ether oxygens (including phenoxy) is 2. The molecular formula is C17H22ClNO4. The summed E-state index contributed by atoms with van der Waals surface area (Å²) in [5.41, 5.74) is 0.837. The average Bonchev–Trinajstić information content (AvgIpc) is 2.51. The molecule has 0 bridgehead atoms. The number of benzene rings is 1. The molecule has 1 aliphatic rings. The zero-order valence-corrected chi connectivity index (χ0v) is 14.3. The lowest BCUT2D eigenvalue weighted by Crippen LogP contribution is -2.41. The highest BCUT2D eigenvalue weighted by molar-refractivity contribution is 6.30. The second-order valence-electron chi connectivity index (χ2n) is 5.95. The Hall–Kier alpha value is -1.75. The number of likely N-dealkylation sites (tertiary alicyclic amines) is 1. The van der Waals surface area contributed by atoms with Crippen molar-refractivity contribution in [3.05, 3.63) is 28.8 Å². The first-order valence-corrected chi connectivity index (χ1v) is 8.16. The number of hydrogen-bond acceptors (Lipinski definition) is 4. The number of hydrogen-bond donors (Lipinski definition) is 0. The van der Waals surface area contributed by atoms with Gasteiger partial charge in [0, 0.05) is 18.1 Å². The molecule has 1 heterocycles. The molecule has 126 valence electrons. The third kappa shape index (κ3) is 5.43. The number of rotatable bonds is 5. The second-order valence-corrected chi connectivity index (χ2v) is 6.38. The number of amides is 1. The highest BCUT2D eigenvalue weighted by atomic mass is 35.5. The zero-order chi connectivity index (χ0) is 16.8. The molecule has 0 radical (unpaired) electrons. The van der Waals surface area contributed by atoms with Gasteiger partial charge in [0.15, 0.2) is 13.2 Å². The molecule has 1 unspecified atom stereocenters. The van der Waals surface area contributed by atoms with Crippen LogP contribution >= 0.6 is 11.6 Å². The van der Waals surface area contributed by atoms with E-state index in [-0.39, 0.29) is 19.1 Å². The van der Waals surface area contributed by atoms with Crippen molar-refractivity contribution in [3.8, 4) is 5.75 Å². The Morgan fingerprint density at radius 2 is 2.13 bits per heavy atom. The molecule has 1 aromatic carbocycles. The summed E-state index contributed by atoms with van der Waals surface area (Å²) in [7, 11) is 0. The molecule has 1 atom stereocenters. The van der Waals surface area contributed by atoms with Gasteiger partial charge in [-0.25, -0.2) is 4.79 Å². The fourth-order valence-corrected chi connectivity index (χ4v) is 2.83. The normalized spacial score (nSPS) is 17.7. The van der Waals surface area contributed by atoms with Crippen molar-refractivity contribution >= 4 is 23.5 Å². The van der Waals surface area contributed by atoms with E-state index in [1.807, 2.05) is 6.92 Å². The van der Waals surface area contributed by atoms with Gasteiger partial charge in [0.2, 0.25) is 0 Å². The summed E-state index contributed by atoms with van der Waals surface area (Å²) in [6.07, 6.45) is 2.14. The van der Waals surface area contributed by atoms with Crippen molar-refractivity contribution in [1.82, 2.24) is 4.90 Å². The monoisotopic (exact) mass is 339 g/mol. The van der Waals surface area contributed by atoms with Gasteiger partial charge in [0.05, 0.1) is 0 Å². The van der Waals surface area contributed by atoms with E-state index in [0.717, 1.165) is 31.5 Å². The van der Waals surface area contributed by atoms with E-state index in [2.05, 4.69) is 6.92 Å². The molecule has 0 saturated carbocycles. The number of carbonyl (C=O) groups is 2. The van der Waals surface area contributed by atoms with Crippen molar-refractivity contribution in [3.63, 3.8) is 0 Å². The van der Waals surface area contributed by atoms with Gasteiger partial charge < -0.3 is 14.4 Å². The van der Waals surface area contributed by atoms with Gasteiger partial charge in [-0.05, 0) is 49.4 Å². The summed E-state index contributed by atoms with van der Waals surface area (Å²) in [5.74, 6) is 0.368. The van der Waals surface area contributed by atoms with Crippen molar-refractivity contribution in [2.24, 2.45) is 5.92 Å². The molecule has 2 rings (SSSR count). The number of piperidine rings is 1. The fourth-order valence-electron chi connectivity index (χ4n) is 2.60. The topological polar surface area (TPSA) is 55.8 Å². The molecular weight excluding hydrogens is 318 g/mol. The van der Waals surface area contributed by atoms with Crippen LogP contribution in [0.1, 0.15) is 25.3 Å². The Bertz CT molecular complexity index is 576. The Kier molecular flexibility index (Phi) is 6.28. The maximum absolute atomic E-state index is 12.0. The standard InChI is InChI=1S/C17H22ClNO4/c1-12-4-3-7-19(9-12)16(20)10-23-17(21)11-22-15-6-5-14(18)8-13(15)2/h5-6,8,12H,3-4,7,9-11H2,1-2H3. The van der Waals surface area contributed by atoms with Gasteiger partial charge in [-0.1, -0.05) is 18.5 Å². The van der Waals surface area contributed by atoms with E-state index in [4.69, 9.17) is 21.1 Å². The first-order valence-electron chi connectivity index (χ1n) is 7.78. The SMILES string of the molecule is Cc1cc(Cl)ccc1OCC(=O)OCC(=O)N1CCCC(C)C1. The quantitative estimate of drug-likeness (QED) is 0.774. The van der Waals surface area contributed by atoms with Crippen molar-refractivity contribution in [2.75, 3.05) is 26.3 Å². The van der Waals surface area contributed by atoms with Gasteiger partial charge in [-0.3, -0.25) is 4.79 Å². The van der Waals surface area contributed by atoms with Crippen molar-refractivity contribution < 1.29 is 19.1 Å². The maximum Gasteiger partial charge on any atom is 0.344 e. The predicted molar refractivity (Wildman–Crippen MR) is 87.6 cm³/mol. The van der Waals surface area contributed by atoms with Crippen LogP contribution in [0.15, 0.2) is 18.2 Å². The summed E-state index contributed by atoms with van der Waals surface area (Å²) in [6, 6.07) is 5.14. The lowest BCUT2D eigenvalue weighted by atomic mass is 10.0. The van der Waals surface area contributed by atoms with Crippen LogP contribution in [0.5, 0.6) is 5.75 Å². The van der Waals surface area contributed by atoms with Crippen LogP contribution in [0, 0.1) is 12.8 Å². The van der Waals surface area contributed by atoms with Crippen LogP contribution in [-0.4, -0.2) is 43.1 Å². The van der Waals surface area contributed by atoms with Crippen LogP contribution < -0.4 is 4.74 Å². The summed E-state index contributed by atoms with van der Waals surface area (Å²) in [5, 5.41) is 0.610. The lowest BCUT2D eigenvalue weighted by molar-refractivity contribution is -0.154. The number of aryl methyl sites for hydroxylation is 1. The molecule has 1 fully saturated rings. The van der Waals surface area contributed by atoms with Gasteiger partial charge in [0.1, 0.15) is 5.75 Å². The summed E-state index contributed by atoms with van der Waals surface area (Å²) >= 11 is 5.86. The molecule has 0 N–H and O–H groups in total. The molecule has 6 heteroatoms. The number of carbonyl (C=O) groups excluding carboxylic acids is 2. The molecule has 23 heavy (non-hydrogen) atoms.